The topological polar surface area (TPSA) is 106 Å². The maximum Gasteiger partial charge on any atom is 0.151 e. The summed E-state index contributed by atoms with van der Waals surface area (Å²) in [6.07, 6.45) is 2.74. The summed E-state index contributed by atoms with van der Waals surface area (Å²) in [5.74, 6) is 1.46. The number of hydrogen-bond donors (Lipinski definition) is 2. The van der Waals surface area contributed by atoms with Gasteiger partial charge in [-0.3, -0.25) is 10.1 Å². The van der Waals surface area contributed by atoms with E-state index in [4.69, 9.17) is 33.7 Å². The van der Waals surface area contributed by atoms with E-state index >= 15 is 0 Å². The highest BCUT2D eigenvalue weighted by molar-refractivity contribution is 6.35. The van der Waals surface area contributed by atoms with Gasteiger partial charge < -0.3 is 15.4 Å². The molecule has 0 saturated carbocycles. The molecule has 4 heterocycles. The molecule has 1 aromatic carbocycles. The van der Waals surface area contributed by atoms with Crippen LogP contribution < -0.4 is 15.4 Å². The third-order valence-electron chi connectivity index (χ3n) is 5.47. The molecule has 0 bridgehead atoms. The highest BCUT2D eigenvalue weighted by atomic mass is 35.5. The molecule has 4 aromatic rings. The van der Waals surface area contributed by atoms with Gasteiger partial charge in [0.05, 0.1) is 15.6 Å². The molecule has 1 atom stereocenters. The van der Waals surface area contributed by atoms with E-state index < -0.39 is 0 Å². The lowest BCUT2D eigenvalue weighted by Gasteiger charge is -2.45. The molecule has 0 aliphatic carbocycles. The van der Waals surface area contributed by atoms with Crippen molar-refractivity contribution in [3.63, 3.8) is 0 Å². The maximum atomic E-state index is 6.27. The molecule has 0 unspecified atom stereocenters. The van der Waals surface area contributed by atoms with E-state index in [-0.39, 0.29) is 11.6 Å². The quantitative estimate of drug-likeness (QED) is 0.445. The minimum Gasteiger partial charge on any atom is -0.486 e. The number of pyridine rings is 1. The van der Waals surface area contributed by atoms with Gasteiger partial charge in [-0.2, -0.15) is 5.10 Å². The number of benzene rings is 1. The molecule has 3 N–H and O–H groups in total. The van der Waals surface area contributed by atoms with Gasteiger partial charge in [-0.1, -0.05) is 23.2 Å². The lowest BCUT2D eigenvalue weighted by Crippen LogP contribution is -2.65. The number of fused-ring (bicyclic) bond motifs is 1. The second kappa shape index (κ2) is 7.88. The van der Waals surface area contributed by atoms with Gasteiger partial charge in [-0.25, -0.2) is 0 Å². The van der Waals surface area contributed by atoms with Crippen LogP contribution in [0, 0.1) is 0 Å². The van der Waals surface area contributed by atoms with E-state index in [9.17, 15) is 0 Å². The molecular formula is C22H21Cl2N7O. The number of hydrogen-bond acceptors (Lipinski definition) is 7. The van der Waals surface area contributed by atoms with Crippen LogP contribution in [0.25, 0.3) is 22.3 Å². The van der Waals surface area contributed by atoms with Crippen LogP contribution in [0.15, 0.2) is 42.7 Å². The molecule has 1 fully saturated rings. The van der Waals surface area contributed by atoms with E-state index in [1.807, 2.05) is 44.2 Å². The second-order valence-corrected chi connectivity index (χ2v) is 9.16. The van der Waals surface area contributed by atoms with Crippen LogP contribution in [0.5, 0.6) is 5.75 Å². The second-order valence-electron chi connectivity index (χ2n) is 8.34. The summed E-state index contributed by atoms with van der Waals surface area (Å²) < 4.78 is 6.13. The first-order valence-corrected chi connectivity index (χ1v) is 10.9. The summed E-state index contributed by atoms with van der Waals surface area (Å²) in [6.45, 7) is 5.44. The molecule has 5 rings (SSSR count). The number of nitrogens with zero attached hydrogens (tertiary/aromatic N) is 5. The van der Waals surface area contributed by atoms with Crippen molar-refractivity contribution in [2.24, 2.45) is 5.73 Å². The Labute approximate surface area is 194 Å². The third kappa shape index (κ3) is 3.85. The van der Waals surface area contributed by atoms with E-state index in [0.29, 0.717) is 32.7 Å². The van der Waals surface area contributed by atoms with Gasteiger partial charge in [0, 0.05) is 42.0 Å². The number of nitrogens with two attached hydrogens (primary N) is 1. The Morgan fingerprint density at radius 1 is 1.12 bits per heavy atom. The zero-order valence-corrected chi connectivity index (χ0v) is 19.0. The van der Waals surface area contributed by atoms with Crippen LogP contribution in [-0.4, -0.2) is 44.0 Å². The van der Waals surface area contributed by atoms with Crippen molar-refractivity contribution in [3.8, 4) is 17.1 Å². The van der Waals surface area contributed by atoms with Crippen LogP contribution in [0.4, 0.5) is 5.82 Å². The summed E-state index contributed by atoms with van der Waals surface area (Å²) in [4.78, 5) is 6.09. The van der Waals surface area contributed by atoms with Crippen LogP contribution in [-0.2, 0) is 0 Å². The molecule has 32 heavy (non-hydrogen) atoms. The average molecular weight is 470 g/mol. The van der Waals surface area contributed by atoms with Gasteiger partial charge >= 0.3 is 0 Å². The summed E-state index contributed by atoms with van der Waals surface area (Å²) in [7, 11) is 0. The zero-order valence-electron chi connectivity index (χ0n) is 17.5. The first-order chi connectivity index (χ1) is 15.3. The fourth-order valence-corrected chi connectivity index (χ4v) is 4.61. The Morgan fingerprint density at radius 3 is 2.53 bits per heavy atom. The molecule has 3 aromatic heterocycles. The van der Waals surface area contributed by atoms with Crippen molar-refractivity contribution < 1.29 is 4.74 Å². The van der Waals surface area contributed by atoms with Crippen molar-refractivity contribution in [2.75, 3.05) is 18.0 Å². The Bertz CT molecular complexity index is 1260. The molecule has 164 valence electrons. The van der Waals surface area contributed by atoms with E-state index in [1.165, 1.54) is 0 Å². The predicted molar refractivity (Wildman–Crippen MR) is 125 cm³/mol. The van der Waals surface area contributed by atoms with Crippen LogP contribution in [0.3, 0.4) is 0 Å². The fraction of sp³-hybridized carbons (Fsp3) is 0.273. The number of nitrogens with one attached hydrogen (secondary N) is 1. The summed E-state index contributed by atoms with van der Waals surface area (Å²) in [5, 5.41) is 18.0. The normalized spacial score (nSPS) is 16.1. The smallest absolute Gasteiger partial charge is 0.151 e. The van der Waals surface area contributed by atoms with Crippen molar-refractivity contribution in [1.29, 1.82) is 0 Å². The van der Waals surface area contributed by atoms with E-state index in [0.717, 1.165) is 29.8 Å². The molecule has 1 aliphatic rings. The molecule has 1 saturated heterocycles. The number of aromatic amines is 1. The molecule has 0 radical (unpaired) electrons. The zero-order chi connectivity index (χ0) is 22.5. The number of ether oxygens (including phenoxy) is 1. The number of halogens is 2. The Morgan fingerprint density at radius 2 is 1.88 bits per heavy atom. The SMILES string of the molecule is C[C@@H](Oc1ccc2[nH]nc(-c3ccc(N4CC(C)(N)C4)nn3)c2c1)c1c(Cl)cncc1Cl. The van der Waals surface area contributed by atoms with Gasteiger partial charge in [0.2, 0.25) is 0 Å². The third-order valence-corrected chi connectivity index (χ3v) is 6.07. The van der Waals surface area contributed by atoms with Gasteiger partial charge in [-0.05, 0) is 44.2 Å². The highest BCUT2D eigenvalue weighted by Crippen LogP contribution is 2.34. The largest absolute Gasteiger partial charge is 0.486 e. The van der Waals surface area contributed by atoms with Crippen molar-refractivity contribution in [3.05, 3.63) is 58.3 Å². The lowest BCUT2D eigenvalue weighted by molar-refractivity contribution is 0.227. The Hall–Kier alpha value is -2.94. The number of aromatic nitrogens is 5. The first-order valence-electron chi connectivity index (χ1n) is 10.1. The molecule has 10 heteroatoms. The monoisotopic (exact) mass is 469 g/mol. The van der Waals surface area contributed by atoms with E-state index in [1.54, 1.807) is 12.4 Å². The lowest BCUT2D eigenvalue weighted by atomic mass is 9.94. The van der Waals surface area contributed by atoms with Gasteiger partial charge in [0.25, 0.3) is 0 Å². The first kappa shape index (κ1) is 20.9. The molecule has 1 aliphatic heterocycles. The number of anilines is 1. The summed E-state index contributed by atoms with van der Waals surface area (Å²) in [6, 6.07) is 9.54. The van der Waals surface area contributed by atoms with Gasteiger partial charge in [0.1, 0.15) is 23.2 Å². The van der Waals surface area contributed by atoms with Crippen molar-refractivity contribution >= 4 is 39.9 Å². The van der Waals surface area contributed by atoms with Crippen molar-refractivity contribution in [2.45, 2.75) is 25.5 Å². The van der Waals surface area contributed by atoms with E-state index in [2.05, 4.69) is 30.3 Å². The van der Waals surface area contributed by atoms with Crippen LogP contribution in [0.2, 0.25) is 10.0 Å². The minimum absolute atomic E-state index is 0.170. The highest BCUT2D eigenvalue weighted by Gasteiger charge is 2.35. The predicted octanol–water partition coefficient (Wildman–Crippen LogP) is 4.40. The molecule has 0 amide bonds. The van der Waals surface area contributed by atoms with Crippen LogP contribution in [0.1, 0.15) is 25.5 Å². The van der Waals surface area contributed by atoms with Gasteiger partial charge in [0.15, 0.2) is 5.82 Å². The van der Waals surface area contributed by atoms with Gasteiger partial charge in [-0.15, -0.1) is 10.2 Å². The summed E-state index contributed by atoms with van der Waals surface area (Å²) in [5.41, 5.74) is 8.84. The molecule has 0 spiro atoms. The summed E-state index contributed by atoms with van der Waals surface area (Å²) >= 11 is 12.5. The molecular weight excluding hydrogens is 449 g/mol. The maximum absolute atomic E-state index is 6.27. The minimum atomic E-state index is -0.366. The fourth-order valence-electron chi connectivity index (χ4n) is 3.94. The number of rotatable bonds is 5. The molecule has 8 nitrogen and oxygen atoms in total. The van der Waals surface area contributed by atoms with Crippen molar-refractivity contribution in [1.82, 2.24) is 25.4 Å². The Balaban J connectivity index is 1.41. The average Bonchev–Trinajstić information content (AvgIpc) is 3.15. The Kier molecular flexibility index (Phi) is 5.16. The van der Waals surface area contributed by atoms with Crippen LogP contribution >= 0.6 is 23.2 Å². The standard InChI is InChI=1S/C22H21Cl2N7O/c1-12(20-15(23)8-26-9-16(20)24)32-13-3-4-17-14(7-13)21(30-27-17)18-5-6-19(29-28-18)31-10-22(2,25)11-31/h3-9,12H,10-11,25H2,1-2H3,(H,27,30)/t12-/m1/s1. The number of H-pyrrole nitrogens is 1.